The number of rotatable bonds is 2. The lowest BCUT2D eigenvalue weighted by Gasteiger charge is -2.07. The molecule has 2 N–H and O–H groups in total. The van der Waals surface area contributed by atoms with Crippen molar-refractivity contribution in [3.05, 3.63) is 56.7 Å². The van der Waals surface area contributed by atoms with Crippen LogP contribution in [0.3, 0.4) is 0 Å². The van der Waals surface area contributed by atoms with Crippen molar-refractivity contribution in [1.82, 2.24) is 9.55 Å². The molecule has 0 atom stereocenters. The largest absolute Gasteiger partial charge is 0.477 e. The lowest BCUT2D eigenvalue weighted by Crippen LogP contribution is -2.26. The second kappa shape index (κ2) is 4.58. The minimum Gasteiger partial charge on any atom is -0.477 e. The molecule has 1 aromatic carbocycles. The highest BCUT2D eigenvalue weighted by molar-refractivity contribution is 7.71. The smallest absolute Gasteiger partial charge is 0.342 e. The number of aryl methyl sites for hydroxylation is 1. The Bertz CT molecular complexity index is 731. The fourth-order valence-electron chi connectivity index (χ4n) is 1.63. The Hall–Kier alpha value is -2.21. The van der Waals surface area contributed by atoms with E-state index in [0.29, 0.717) is 5.69 Å². The number of H-pyrrole nitrogens is 1. The van der Waals surface area contributed by atoms with E-state index in [9.17, 15) is 9.59 Å². The number of carboxylic acids is 1. The highest BCUT2D eigenvalue weighted by Gasteiger charge is 2.13. The van der Waals surface area contributed by atoms with Crippen molar-refractivity contribution in [3.8, 4) is 5.69 Å². The summed E-state index contributed by atoms with van der Waals surface area (Å²) in [5, 5.41) is 8.92. The first kappa shape index (κ1) is 12.3. The van der Waals surface area contributed by atoms with Crippen LogP contribution in [0.4, 0.5) is 0 Å². The Kier molecular flexibility index (Phi) is 3.12. The fraction of sp³-hybridized carbons (Fsp3) is 0.0833. The van der Waals surface area contributed by atoms with Crippen molar-refractivity contribution in [1.29, 1.82) is 0 Å². The molecule has 6 heteroatoms. The molecule has 92 valence electrons. The maximum atomic E-state index is 12.0. The fourth-order valence-corrected chi connectivity index (χ4v) is 1.87. The molecule has 0 aliphatic carbocycles. The Morgan fingerprint density at radius 1 is 1.44 bits per heavy atom. The molecule has 0 saturated carbocycles. The molecular formula is C12H10N2O3S. The Balaban J connectivity index is 2.79. The van der Waals surface area contributed by atoms with Gasteiger partial charge >= 0.3 is 5.97 Å². The second-order valence-corrected chi connectivity index (χ2v) is 4.18. The molecule has 0 saturated heterocycles. The van der Waals surface area contributed by atoms with Gasteiger partial charge in [-0.2, -0.15) is 0 Å². The molecule has 2 rings (SSSR count). The molecule has 0 bridgehead atoms. The van der Waals surface area contributed by atoms with Crippen LogP contribution < -0.4 is 5.56 Å². The second-order valence-electron chi connectivity index (χ2n) is 3.79. The lowest BCUT2D eigenvalue weighted by atomic mass is 10.2. The Labute approximate surface area is 107 Å². The number of aromatic nitrogens is 2. The van der Waals surface area contributed by atoms with E-state index in [1.165, 1.54) is 4.57 Å². The van der Waals surface area contributed by atoms with Gasteiger partial charge in [0.15, 0.2) is 4.77 Å². The molecule has 1 aromatic heterocycles. The zero-order valence-corrected chi connectivity index (χ0v) is 10.3. The van der Waals surface area contributed by atoms with E-state index in [0.717, 1.165) is 11.8 Å². The maximum absolute atomic E-state index is 12.0. The van der Waals surface area contributed by atoms with Gasteiger partial charge in [0.1, 0.15) is 5.56 Å². The number of nitrogens with zero attached hydrogens (tertiary/aromatic N) is 1. The molecule has 18 heavy (non-hydrogen) atoms. The van der Waals surface area contributed by atoms with Gasteiger partial charge in [-0.25, -0.2) is 4.79 Å². The number of carboxylic acid groups (broad SMARTS) is 1. The summed E-state index contributed by atoms with van der Waals surface area (Å²) in [6.45, 7) is 1.88. The third-order valence-electron chi connectivity index (χ3n) is 2.47. The standard InChI is InChI=1S/C12H10N2O3S/c1-7-3-2-4-8(5-7)14-10(15)9(11(16)17)6-13-12(14)18/h2-6H,1H3,(H,13,18)(H,16,17). The third kappa shape index (κ3) is 2.10. The molecule has 0 aliphatic rings. The summed E-state index contributed by atoms with van der Waals surface area (Å²) in [7, 11) is 0. The van der Waals surface area contributed by atoms with E-state index in [1.54, 1.807) is 18.2 Å². The van der Waals surface area contributed by atoms with E-state index in [4.69, 9.17) is 17.3 Å². The summed E-state index contributed by atoms with van der Waals surface area (Å²) >= 11 is 5.03. The zero-order valence-electron chi connectivity index (χ0n) is 9.51. The number of aromatic amines is 1. The quantitative estimate of drug-likeness (QED) is 0.810. The molecule has 1 heterocycles. The topological polar surface area (TPSA) is 75.1 Å². The summed E-state index contributed by atoms with van der Waals surface area (Å²) < 4.78 is 1.34. The first-order chi connectivity index (χ1) is 8.50. The van der Waals surface area contributed by atoms with E-state index >= 15 is 0 Å². The van der Waals surface area contributed by atoms with Crippen LogP contribution in [0.5, 0.6) is 0 Å². The average Bonchev–Trinajstić information content (AvgIpc) is 2.28. The van der Waals surface area contributed by atoms with Crippen molar-refractivity contribution >= 4 is 18.2 Å². The van der Waals surface area contributed by atoms with Gasteiger partial charge in [-0.15, -0.1) is 0 Å². The first-order valence-electron chi connectivity index (χ1n) is 5.16. The number of hydrogen-bond donors (Lipinski definition) is 2. The summed E-state index contributed by atoms with van der Waals surface area (Å²) in [5.74, 6) is -1.28. The van der Waals surface area contributed by atoms with E-state index in [1.807, 2.05) is 13.0 Å². The maximum Gasteiger partial charge on any atom is 0.342 e. The van der Waals surface area contributed by atoms with Crippen molar-refractivity contribution in [3.63, 3.8) is 0 Å². The predicted molar refractivity (Wildman–Crippen MR) is 68.9 cm³/mol. The molecule has 0 radical (unpaired) electrons. The van der Waals surface area contributed by atoms with Gasteiger partial charge in [-0.05, 0) is 36.8 Å². The van der Waals surface area contributed by atoms with Crippen LogP contribution in [0, 0.1) is 11.7 Å². The van der Waals surface area contributed by atoms with Crippen molar-refractivity contribution in [2.24, 2.45) is 0 Å². The number of aromatic carboxylic acids is 1. The highest BCUT2D eigenvalue weighted by Crippen LogP contribution is 2.08. The summed E-state index contributed by atoms with van der Waals surface area (Å²) in [5.41, 5.74) is 0.515. The molecule has 0 spiro atoms. The van der Waals surface area contributed by atoms with Crippen LogP contribution in [0.2, 0.25) is 0 Å². The van der Waals surface area contributed by atoms with Crippen LogP contribution in [0.1, 0.15) is 15.9 Å². The SMILES string of the molecule is Cc1cccc(-n2c(=S)[nH]cc(C(=O)O)c2=O)c1. The molecule has 0 amide bonds. The molecular weight excluding hydrogens is 252 g/mol. The third-order valence-corrected chi connectivity index (χ3v) is 2.77. The summed E-state index contributed by atoms with van der Waals surface area (Å²) in [6.07, 6.45) is 1.11. The minimum absolute atomic E-state index is 0.163. The van der Waals surface area contributed by atoms with Gasteiger partial charge in [-0.3, -0.25) is 9.36 Å². The van der Waals surface area contributed by atoms with E-state index in [2.05, 4.69) is 4.98 Å². The number of benzene rings is 1. The van der Waals surface area contributed by atoms with E-state index < -0.39 is 11.5 Å². The van der Waals surface area contributed by atoms with Crippen molar-refractivity contribution in [2.75, 3.05) is 0 Å². The van der Waals surface area contributed by atoms with Gasteiger partial charge in [0, 0.05) is 6.20 Å². The van der Waals surface area contributed by atoms with Gasteiger partial charge in [0.05, 0.1) is 5.69 Å². The van der Waals surface area contributed by atoms with Crippen LogP contribution in [0.15, 0.2) is 35.3 Å². The van der Waals surface area contributed by atoms with Gasteiger partial charge < -0.3 is 10.1 Å². The number of nitrogens with one attached hydrogen (secondary N) is 1. The molecule has 2 aromatic rings. The molecule has 0 unspecified atom stereocenters. The van der Waals surface area contributed by atoms with Gasteiger partial charge in [-0.1, -0.05) is 12.1 Å². The minimum atomic E-state index is -1.28. The van der Waals surface area contributed by atoms with Crippen LogP contribution in [-0.4, -0.2) is 20.6 Å². The number of hydrogen-bond acceptors (Lipinski definition) is 3. The molecule has 5 nitrogen and oxygen atoms in total. The average molecular weight is 262 g/mol. The molecule has 0 fully saturated rings. The van der Waals surface area contributed by atoms with Crippen LogP contribution in [-0.2, 0) is 0 Å². The van der Waals surface area contributed by atoms with E-state index in [-0.39, 0.29) is 10.3 Å². The van der Waals surface area contributed by atoms with Gasteiger partial charge in [0.25, 0.3) is 5.56 Å². The number of carbonyl (C=O) groups is 1. The van der Waals surface area contributed by atoms with Crippen molar-refractivity contribution < 1.29 is 9.90 Å². The van der Waals surface area contributed by atoms with Crippen LogP contribution >= 0.6 is 12.2 Å². The monoisotopic (exact) mass is 262 g/mol. The predicted octanol–water partition coefficient (Wildman–Crippen LogP) is 1.90. The molecule has 0 aliphatic heterocycles. The van der Waals surface area contributed by atoms with Crippen molar-refractivity contribution in [2.45, 2.75) is 6.92 Å². The summed E-state index contributed by atoms with van der Waals surface area (Å²) in [4.78, 5) is 25.6. The summed E-state index contributed by atoms with van der Waals surface area (Å²) in [6, 6.07) is 7.11. The highest BCUT2D eigenvalue weighted by atomic mass is 32.1. The lowest BCUT2D eigenvalue weighted by molar-refractivity contribution is 0.0694. The van der Waals surface area contributed by atoms with Gasteiger partial charge in [0.2, 0.25) is 0 Å². The normalized spacial score (nSPS) is 10.3. The zero-order chi connectivity index (χ0) is 13.3. The Morgan fingerprint density at radius 3 is 2.78 bits per heavy atom. The van der Waals surface area contributed by atoms with Crippen LogP contribution in [0.25, 0.3) is 5.69 Å². The first-order valence-corrected chi connectivity index (χ1v) is 5.56. The Morgan fingerprint density at radius 2 is 2.17 bits per heavy atom.